The maximum Gasteiger partial charge on any atom is 0.258 e. The minimum absolute atomic E-state index is 0.276. The summed E-state index contributed by atoms with van der Waals surface area (Å²) < 4.78 is 1.02. The lowest BCUT2D eigenvalue weighted by molar-refractivity contribution is 0.102. The smallest absolute Gasteiger partial charge is 0.258 e. The van der Waals surface area contributed by atoms with Crippen LogP contribution in [0.1, 0.15) is 10.4 Å². The fraction of sp³-hybridized carbons (Fsp3) is 0. The molecule has 0 atom stereocenters. The average Bonchev–Trinajstić information content (AvgIpc) is 2.86. The molecule has 3 aromatic rings. The minimum Gasteiger partial charge on any atom is -0.322 e. The lowest BCUT2D eigenvalue weighted by Gasteiger charge is -2.06. The van der Waals surface area contributed by atoms with Crippen LogP contribution in [0.25, 0.3) is 10.2 Å². The van der Waals surface area contributed by atoms with Gasteiger partial charge in [-0.1, -0.05) is 11.6 Å². The molecule has 4 nitrogen and oxygen atoms in total. The quantitative estimate of drug-likeness (QED) is 0.784. The highest BCUT2D eigenvalue weighted by atomic mass is 35.5. The molecule has 1 aromatic carbocycles. The molecule has 0 spiro atoms. The van der Waals surface area contributed by atoms with Crippen molar-refractivity contribution >= 4 is 44.7 Å². The maximum absolute atomic E-state index is 12.1. The number of fused-ring (bicyclic) bond motifs is 1. The van der Waals surface area contributed by atoms with E-state index in [4.69, 9.17) is 11.6 Å². The van der Waals surface area contributed by atoms with Crippen molar-refractivity contribution < 1.29 is 4.79 Å². The van der Waals surface area contributed by atoms with Crippen molar-refractivity contribution in [1.29, 1.82) is 0 Å². The number of halogens is 1. The van der Waals surface area contributed by atoms with Gasteiger partial charge in [-0.2, -0.15) is 0 Å². The topological polar surface area (TPSA) is 54.9 Å². The molecule has 6 heteroatoms. The number of anilines is 1. The number of pyridine rings is 1. The first-order valence-electron chi connectivity index (χ1n) is 5.48. The Morgan fingerprint density at radius 1 is 1.32 bits per heavy atom. The third-order valence-electron chi connectivity index (χ3n) is 2.60. The fourth-order valence-electron chi connectivity index (χ4n) is 1.68. The second kappa shape index (κ2) is 4.95. The van der Waals surface area contributed by atoms with Crippen molar-refractivity contribution in [1.82, 2.24) is 9.97 Å². The number of nitrogens with one attached hydrogen (secondary N) is 1. The molecule has 0 aliphatic heterocycles. The van der Waals surface area contributed by atoms with Crippen molar-refractivity contribution in [3.05, 3.63) is 52.8 Å². The van der Waals surface area contributed by atoms with Gasteiger partial charge in [0.15, 0.2) is 0 Å². The van der Waals surface area contributed by atoms with E-state index in [2.05, 4.69) is 15.3 Å². The van der Waals surface area contributed by atoms with Gasteiger partial charge in [0, 0.05) is 18.1 Å². The summed E-state index contributed by atoms with van der Waals surface area (Å²) >= 11 is 7.48. The molecule has 0 bridgehead atoms. The van der Waals surface area contributed by atoms with Gasteiger partial charge in [-0.05, 0) is 24.3 Å². The zero-order valence-electron chi connectivity index (χ0n) is 9.63. The molecule has 0 radical (unpaired) electrons. The van der Waals surface area contributed by atoms with Gasteiger partial charge in [0.05, 0.1) is 26.3 Å². The molecule has 0 saturated heterocycles. The summed E-state index contributed by atoms with van der Waals surface area (Å²) in [5, 5.41) is 3.18. The summed E-state index contributed by atoms with van der Waals surface area (Å²) in [4.78, 5) is 20.1. The Kier molecular flexibility index (Phi) is 3.15. The largest absolute Gasteiger partial charge is 0.322 e. The van der Waals surface area contributed by atoms with Crippen LogP contribution in [0.2, 0.25) is 5.02 Å². The molecule has 3 rings (SSSR count). The van der Waals surface area contributed by atoms with Crippen molar-refractivity contribution in [2.75, 3.05) is 5.32 Å². The van der Waals surface area contributed by atoms with Gasteiger partial charge in [-0.25, -0.2) is 4.98 Å². The lowest BCUT2D eigenvalue weighted by atomic mass is 10.2. The molecule has 1 N–H and O–H groups in total. The first-order chi connectivity index (χ1) is 9.24. The van der Waals surface area contributed by atoms with Gasteiger partial charge in [-0.3, -0.25) is 9.78 Å². The maximum atomic E-state index is 12.1. The Hall–Kier alpha value is -1.98. The standard InChI is InChI=1S/C13H8ClN3OS/c14-10-3-4-15-6-9(10)13(18)17-8-1-2-11-12(5-8)19-7-16-11/h1-7H,(H,17,18). The summed E-state index contributed by atoms with van der Waals surface area (Å²) in [7, 11) is 0. The van der Waals surface area contributed by atoms with Gasteiger partial charge in [-0.15, -0.1) is 11.3 Å². The SMILES string of the molecule is O=C(Nc1ccc2ncsc2c1)c1cnccc1Cl. The number of nitrogens with zero attached hydrogens (tertiary/aromatic N) is 2. The molecule has 0 aliphatic rings. The number of rotatable bonds is 2. The van der Waals surface area contributed by atoms with E-state index in [-0.39, 0.29) is 5.91 Å². The van der Waals surface area contributed by atoms with E-state index in [1.54, 1.807) is 17.8 Å². The van der Waals surface area contributed by atoms with Crippen LogP contribution in [0.5, 0.6) is 0 Å². The Balaban J connectivity index is 1.88. The minimum atomic E-state index is -0.276. The Morgan fingerprint density at radius 2 is 2.21 bits per heavy atom. The Bertz CT molecular complexity index is 756. The van der Waals surface area contributed by atoms with E-state index in [1.807, 2.05) is 18.2 Å². The lowest BCUT2D eigenvalue weighted by Crippen LogP contribution is -2.12. The number of aromatic nitrogens is 2. The van der Waals surface area contributed by atoms with Crippen LogP contribution in [0.15, 0.2) is 42.2 Å². The number of hydrogen-bond donors (Lipinski definition) is 1. The molecule has 2 heterocycles. The van der Waals surface area contributed by atoms with Gasteiger partial charge in [0.25, 0.3) is 5.91 Å². The first kappa shape index (κ1) is 12.1. The predicted molar refractivity (Wildman–Crippen MR) is 76.8 cm³/mol. The number of benzene rings is 1. The molecule has 0 saturated carbocycles. The number of amides is 1. The third-order valence-corrected chi connectivity index (χ3v) is 3.72. The highest BCUT2D eigenvalue weighted by Gasteiger charge is 2.10. The number of thiazole rings is 1. The van der Waals surface area contributed by atoms with E-state index in [1.165, 1.54) is 17.5 Å². The van der Waals surface area contributed by atoms with Gasteiger partial charge >= 0.3 is 0 Å². The monoisotopic (exact) mass is 289 g/mol. The summed E-state index contributed by atoms with van der Waals surface area (Å²) in [5.41, 5.74) is 3.76. The molecule has 0 aliphatic carbocycles. The van der Waals surface area contributed by atoms with Crippen LogP contribution in [0.4, 0.5) is 5.69 Å². The molecule has 0 unspecified atom stereocenters. The van der Waals surface area contributed by atoms with E-state index in [9.17, 15) is 4.79 Å². The molecule has 2 aromatic heterocycles. The summed E-state index contributed by atoms with van der Waals surface area (Å²) in [5.74, 6) is -0.276. The summed E-state index contributed by atoms with van der Waals surface area (Å²) in [6, 6.07) is 7.15. The fourth-order valence-corrected chi connectivity index (χ4v) is 2.58. The van der Waals surface area contributed by atoms with Crippen molar-refractivity contribution in [3.63, 3.8) is 0 Å². The van der Waals surface area contributed by atoms with Crippen molar-refractivity contribution in [2.45, 2.75) is 0 Å². The zero-order chi connectivity index (χ0) is 13.2. The van der Waals surface area contributed by atoms with Crippen LogP contribution in [-0.2, 0) is 0 Å². The Labute approximate surface area is 118 Å². The second-order valence-electron chi connectivity index (χ2n) is 3.84. The van der Waals surface area contributed by atoms with E-state index >= 15 is 0 Å². The highest BCUT2D eigenvalue weighted by molar-refractivity contribution is 7.16. The summed E-state index contributed by atoms with van der Waals surface area (Å²) in [6.07, 6.45) is 2.99. The summed E-state index contributed by atoms with van der Waals surface area (Å²) in [6.45, 7) is 0. The molecule has 0 fully saturated rings. The normalized spacial score (nSPS) is 10.6. The van der Waals surface area contributed by atoms with E-state index < -0.39 is 0 Å². The van der Waals surface area contributed by atoms with Gasteiger partial charge in [0.1, 0.15) is 0 Å². The number of carbonyl (C=O) groups is 1. The van der Waals surface area contributed by atoms with Gasteiger partial charge in [0.2, 0.25) is 0 Å². The van der Waals surface area contributed by atoms with Crippen LogP contribution < -0.4 is 5.32 Å². The predicted octanol–water partition coefficient (Wildman–Crippen LogP) is 3.60. The number of hydrogen-bond acceptors (Lipinski definition) is 4. The highest BCUT2D eigenvalue weighted by Crippen LogP contribution is 2.23. The van der Waals surface area contributed by atoms with Crippen LogP contribution in [0.3, 0.4) is 0 Å². The van der Waals surface area contributed by atoms with Crippen LogP contribution in [0, 0.1) is 0 Å². The molecule has 94 valence electrons. The van der Waals surface area contributed by atoms with E-state index in [0.29, 0.717) is 16.3 Å². The van der Waals surface area contributed by atoms with Crippen molar-refractivity contribution in [2.24, 2.45) is 0 Å². The van der Waals surface area contributed by atoms with Crippen LogP contribution >= 0.6 is 22.9 Å². The van der Waals surface area contributed by atoms with Crippen molar-refractivity contribution in [3.8, 4) is 0 Å². The first-order valence-corrected chi connectivity index (χ1v) is 6.74. The molecular formula is C13H8ClN3OS. The van der Waals surface area contributed by atoms with E-state index in [0.717, 1.165) is 10.2 Å². The second-order valence-corrected chi connectivity index (χ2v) is 5.14. The molecule has 19 heavy (non-hydrogen) atoms. The van der Waals surface area contributed by atoms with Crippen LogP contribution in [-0.4, -0.2) is 15.9 Å². The Morgan fingerprint density at radius 3 is 3.05 bits per heavy atom. The molecular weight excluding hydrogens is 282 g/mol. The zero-order valence-corrected chi connectivity index (χ0v) is 11.2. The average molecular weight is 290 g/mol. The van der Waals surface area contributed by atoms with Gasteiger partial charge < -0.3 is 5.32 Å². The number of carbonyl (C=O) groups excluding carboxylic acids is 1. The molecule has 1 amide bonds. The third kappa shape index (κ3) is 2.43.